The molecule has 21 heavy (non-hydrogen) atoms. The lowest BCUT2D eigenvalue weighted by Gasteiger charge is -2.19. The van der Waals surface area contributed by atoms with Crippen LogP contribution in [0.5, 0.6) is 0 Å². The molecular weight excluding hydrogens is 270 g/mol. The lowest BCUT2D eigenvalue weighted by Crippen LogP contribution is -2.25. The number of rotatable bonds is 6. The summed E-state index contributed by atoms with van der Waals surface area (Å²) in [5.74, 6) is -0.501. The average Bonchev–Trinajstić information content (AvgIpc) is 2.94. The van der Waals surface area contributed by atoms with Gasteiger partial charge in [-0.2, -0.15) is 0 Å². The molecule has 0 aromatic carbocycles. The molecule has 1 fully saturated rings. The van der Waals surface area contributed by atoms with Crippen LogP contribution in [0, 0.1) is 5.92 Å². The van der Waals surface area contributed by atoms with E-state index in [0.29, 0.717) is 24.6 Å². The Morgan fingerprint density at radius 3 is 3.05 bits per heavy atom. The van der Waals surface area contributed by atoms with Crippen LogP contribution in [0.15, 0.2) is 18.3 Å². The van der Waals surface area contributed by atoms with Gasteiger partial charge in [-0.05, 0) is 37.8 Å². The van der Waals surface area contributed by atoms with Crippen LogP contribution in [0.1, 0.15) is 36.7 Å². The van der Waals surface area contributed by atoms with Gasteiger partial charge in [-0.15, -0.1) is 0 Å². The van der Waals surface area contributed by atoms with Gasteiger partial charge in [0.05, 0.1) is 0 Å². The molecule has 2 N–H and O–H groups in total. The monoisotopic (exact) mass is 291 g/mol. The highest BCUT2D eigenvalue weighted by Crippen LogP contribution is 2.26. The Balaban J connectivity index is 1.98. The topological polar surface area (TPSA) is 82.5 Å². The lowest BCUT2D eigenvalue weighted by molar-refractivity contribution is -0.137. The van der Waals surface area contributed by atoms with Crippen molar-refractivity contribution in [1.29, 1.82) is 0 Å². The van der Waals surface area contributed by atoms with Gasteiger partial charge in [0.2, 0.25) is 0 Å². The first-order valence-electron chi connectivity index (χ1n) is 7.31. The van der Waals surface area contributed by atoms with E-state index < -0.39 is 5.97 Å². The van der Waals surface area contributed by atoms with Crippen LogP contribution in [0.25, 0.3) is 0 Å². The van der Waals surface area contributed by atoms with Crippen molar-refractivity contribution < 1.29 is 14.7 Å². The first-order valence-corrected chi connectivity index (χ1v) is 7.31. The number of carbonyl (C=O) groups excluding carboxylic acids is 1. The van der Waals surface area contributed by atoms with Gasteiger partial charge in [-0.25, -0.2) is 0 Å². The number of nitrogens with one attached hydrogen (secondary N) is 1. The van der Waals surface area contributed by atoms with Gasteiger partial charge >= 0.3 is 5.97 Å². The third kappa shape index (κ3) is 4.18. The number of aromatic nitrogens is 1. The molecule has 0 radical (unpaired) electrons. The minimum absolute atomic E-state index is 0.166. The quantitative estimate of drug-likeness (QED) is 0.830. The van der Waals surface area contributed by atoms with Gasteiger partial charge in [-0.1, -0.05) is 0 Å². The van der Waals surface area contributed by atoms with Gasteiger partial charge in [0.1, 0.15) is 5.69 Å². The molecule has 6 heteroatoms. The molecule has 0 spiro atoms. The Labute approximate surface area is 124 Å². The molecule has 1 saturated heterocycles. The molecule has 1 unspecified atom stereocenters. The second kappa shape index (κ2) is 7.06. The molecule has 2 rings (SSSR count). The van der Waals surface area contributed by atoms with Gasteiger partial charge in [-0.3, -0.25) is 14.6 Å². The van der Waals surface area contributed by atoms with Crippen molar-refractivity contribution in [3.8, 4) is 0 Å². The average molecular weight is 291 g/mol. The first kappa shape index (κ1) is 15.3. The molecule has 1 amide bonds. The van der Waals surface area contributed by atoms with Crippen molar-refractivity contribution in [3.05, 3.63) is 24.0 Å². The first-order chi connectivity index (χ1) is 10.1. The molecular formula is C15H21N3O3. The molecule has 0 aliphatic carbocycles. The number of carboxylic acids is 1. The van der Waals surface area contributed by atoms with Crippen LogP contribution in [-0.4, -0.2) is 41.6 Å². The summed E-state index contributed by atoms with van der Waals surface area (Å²) in [4.78, 5) is 28.7. The number of nitrogens with zero attached hydrogens (tertiary/aromatic N) is 2. The van der Waals surface area contributed by atoms with E-state index in [1.54, 1.807) is 12.3 Å². The van der Waals surface area contributed by atoms with Crippen LogP contribution in [-0.2, 0) is 4.79 Å². The zero-order valence-electron chi connectivity index (χ0n) is 12.2. The standard InChI is InChI=1S/C15H21N3O3/c1-2-16-15(21)13-9-12(5-7-17-13)18-8-6-11(10-18)3-4-14(19)20/h5,7,9,11H,2-4,6,8,10H2,1H3,(H,16,21)(H,19,20). The van der Waals surface area contributed by atoms with E-state index in [1.807, 2.05) is 13.0 Å². The molecule has 1 aliphatic rings. The van der Waals surface area contributed by atoms with E-state index in [-0.39, 0.29) is 12.3 Å². The Morgan fingerprint density at radius 1 is 1.52 bits per heavy atom. The molecule has 1 atom stereocenters. The number of hydrogen-bond acceptors (Lipinski definition) is 4. The predicted octanol–water partition coefficient (Wildman–Crippen LogP) is 1.52. The van der Waals surface area contributed by atoms with Gasteiger partial charge < -0.3 is 15.3 Å². The summed E-state index contributed by atoms with van der Waals surface area (Å²) in [7, 11) is 0. The maximum atomic E-state index is 11.8. The van der Waals surface area contributed by atoms with E-state index in [9.17, 15) is 9.59 Å². The maximum Gasteiger partial charge on any atom is 0.303 e. The summed E-state index contributed by atoms with van der Waals surface area (Å²) in [5.41, 5.74) is 1.40. The van der Waals surface area contributed by atoms with Crippen LogP contribution in [0.3, 0.4) is 0 Å². The fourth-order valence-electron chi connectivity index (χ4n) is 2.62. The van der Waals surface area contributed by atoms with E-state index >= 15 is 0 Å². The maximum absolute atomic E-state index is 11.8. The fourth-order valence-corrected chi connectivity index (χ4v) is 2.62. The van der Waals surface area contributed by atoms with Crippen LogP contribution in [0.4, 0.5) is 5.69 Å². The zero-order valence-corrected chi connectivity index (χ0v) is 12.2. The normalized spacial score (nSPS) is 17.8. The highest BCUT2D eigenvalue weighted by molar-refractivity contribution is 5.93. The summed E-state index contributed by atoms with van der Waals surface area (Å²) in [6.45, 7) is 4.18. The lowest BCUT2D eigenvalue weighted by atomic mass is 10.0. The fraction of sp³-hybridized carbons (Fsp3) is 0.533. The summed E-state index contributed by atoms with van der Waals surface area (Å²) in [6.07, 6.45) is 3.57. The summed E-state index contributed by atoms with van der Waals surface area (Å²) >= 11 is 0. The largest absolute Gasteiger partial charge is 0.481 e. The number of carboxylic acid groups (broad SMARTS) is 1. The van der Waals surface area contributed by atoms with Crippen LogP contribution < -0.4 is 10.2 Å². The Bertz CT molecular complexity index is 519. The van der Waals surface area contributed by atoms with Gasteiger partial charge in [0, 0.05) is 37.9 Å². The summed E-state index contributed by atoms with van der Waals surface area (Å²) in [5, 5.41) is 11.5. The minimum Gasteiger partial charge on any atom is -0.481 e. The third-order valence-corrected chi connectivity index (χ3v) is 3.73. The number of amides is 1. The van der Waals surface area contributed by atoms with Crippen LogP contribution >= 0.6 is 0 Å². The molecule has 6 nitrogen and oxygen atoms in total. The second-order valence-corrected chi connectivity index (χ2v) is 5.29. The van der Waals surface area contributed by atoms with Crippen molar-refractivity contribution in [2.45, 2.75) is 26.2 Å². The number of hydrogen-bond donors (Lipinski definition) is 2. The molecule has 1 aromatic rings. The second-order valence-electron chi connectivity index (χ2n) is 5.29. The zero-order chi connectivity index (χ0) is 15.2. The third-order valence-electron chi connectivity index (χ3n) is 3.73. The summed E-state index contributed by atoms with van der Waals surface area (Å²) < 4.78 is 0. The van der Waals surface area contributed by atoms with Crippen molar-refractivity contribution in [2.24, 2.45) is 5.92 Å². The molecule has 1 aliphatic heterocycles. The minimum atomic E-state index is -0.740. The van der Waals surface area contributed by atoms with Crippen molar-refractivity contribution in [3.63, 3.8) is 0 Å². The Hall–Kier alpha value is -2.11. The highest BCUT2D eigenvalue weighted by atomic mass is 16.4. The number of anilines is 1. The van der Waals surface area contributed by atoms with Crippen LogP contribution in [0.2, 0.25) is 0 Å². The number of aliphatic carboxylic acids is 1. The number of carbonyl (C=O) groups is 2. The molecule has 0 saturated carbocycles. The molecule has 0 bridgehead atoms. The summed E-state index contributed by atoms with van der Waals surface area (Å²) in [6, 6.07) is 3.69. The van der Waals surface area contributed by atoms with E-state index in [0.717, 1.165) is 25.2 Å². The van der Waals surface area contributed by atoms with Gasteiger partial charge in [0.25, 0.3) is 5.91 Å². The Kier molecular flexibility index (Phi) is 5.14. The molecule has 2 heterocycles. The van der Waals surface area contributed by atoms with E-state index in [1.165, 1.54) is 0 Å². The van der Waals surface area contributed by atoms with Gasteiger partial charge in [0.15, 0.2) is 0 Å². The van der Waals surface area contributed by atoms with Crippen molar-refractivity contribution in [2.75, 3.05) is 24.5 Å². The smallest absolute Gasteiger partial charge is 0.303 e. The highest BCUT2D eigenvalue weighted by Gasteiger charge is 2.23. The predicted molar refractivity (Wildman–Crippen MR) is 79.4 cm³/mol. The van der Waals surface area contributed by atoms with E-state index in [4.69, 9.17) is 5.11 Å². The van der Waals surface area contributed by atoms with Crippen molar-refractivity contribution >= 4 is 17.6 Å². The van der Waals surface area contributed by atoms with E-state index in [2.05, 4.69) is 15.2 Å². The Morgan fingerprint density at radius 2 is 2.33 bits per heavy atom. The SMILES string of the molecule is CCNC(=O)c1cc(N2CCC(CCC(=O)O)C2)ccn1. The molecule has 1 aromatic heterocycles. The number of pyridine rings is 1. The molecule has 114 valence electrons. The van der Waals surface area contributed by atoms with Crippen molar-refractivity contribution in [1.82, 2.24) is 10.3 Å².